The van der Waals surface area contributed by atoms with Crippen LogP contribution < -0.4 is 9.47 Å². The van der Waals surface area contributed by atoms with Crippen molar-refractivity contribution in [3.8, 4) is 11.5 Å². The lowest BCUT2D eigenvalue weighted by Crippen LogP contribution is -2.23. The molecule has 0 aliphatic rings. The third kappa shape index (κ3) is 2.27. The lowest BCUT2D eigenvalue weighted by molar-refractivity contribution is 0.213. The third-order valence-corrected chi connectivity index (χ3v) is 2.57. The lowest BCUT2D eigenvalue weighted by Gasteiger charge is -2.25. The van der Waals surface area contributed by atoms with Gasteiger partial charge in [-0.15, -0.1) is 0 Å². The predicted molar refractivity (Wildman–Crippen MR) is 59.6 cm³/mol. The van der Waals surface area contributed by atoms with Crippen LogP contribution >= 0.6 is 0 Å². The smallest absolute Gasteiger partial charge is 0.164 e. The molecule has 0 spiro atoms. The first kappa shape index (κ1) is 12.8. The van der Waals surface area contributed by atoms with Crippen molar-refractivity contribution in [2.45, 2.75) is 19.3 Å². The molecule has 1 N–H and O–H groups in total. The Bertz CT molecular complexity index is 375. The number of hydrogen-bond donors (Lipinski definition) is 1. The minimum atomic E-state index is -0.583. The fourth-order valence-electron chi connectivity index (χ4n) is 1.52. The van der Waals surface area contributed by atoms with E-state index in [1.54, 1.807) is 0 Å². The summed E-state index contributed by atoms with van der Waals surface area (Å²) in [6.07, 6.45) is 0. The summed E-state index contributed by atoms with van der Waals surface area (Å²) in [5.74, 6) is 0.385. The quantitative estimate of drug-likeness (QED) is 0.857. The molecule has 0 aromatic heterocycles. The van der Waals surface area contributed by atoms with Crippen LogP contribution in [-0.2, 0) is 5.41 Å². The molecule has 90 valence electrons. The van der Waals surface area contributed by atoms with Gasteiger partial charge < -0.3 is 14.6 Å². The molecule has 0 radical (unpaired) electrons. The minimum absolute atomic E-state index is 0.101. The normalized spacial score (nSPS) is 11.4. The molecule has 3 nitrogen and oxygen atoms in total. The summed E-state index contributed by atoms with van der Waals surface area (Å²) in [6, 6.07) is 2.62. The fraction of sp³-hybridized carbons (Fsp3) is 0.500. The van der Waals surface area contributed by atoms with Gasteiger partial charge in [0.05, 0.1) is 20.8 Å². The van der Waals surface area contributed by atoms with Crippen LogP contribution in [0.25, 0.3) is 0 Å². The highest BCUT2D eigenvalue weighted by molar-refractivity contribution is 5.50. The average Bonchev–Trinajstić information content (AvgIpc) is 2.27. The SMILES string of the molecule is COc1cc(F)cc(C(C)(C)CO)c1OC. The Kier molecular flexibility index (Phi) is 3.75. The average molecular weight is 228 g/mol. The Labute approximate surface area is 94.8 Å². The summed E-state index contributed by atoms with van der Waals surface area (Å²) in [7, 11) is 2.94. The van der Waals surface area contributed by atoms with Crippen molar-refractivity contribution in [1.82, 2.24) is 0 Å². The second kappa shape index (κ2) is 4.70. The Balaban J connectivity index is 3.42. The van der Waals surface area contributed by atoms with Crippen LogP contribution in [0, 0.1) is 5.82 Å². The largest absolute Gasteiger partial charge is 0.493 e. The zero-order chi connectivity index (χ0) is 12.3. The van der Waals surface area contributed by atoms with Crippen molar-refractivity contribution in [2.24, 2.45) is 0 Å². The van der Waals surface area contributed by atoms with Crippen LogP contribution in [0.2, 0.25) is 0 Å². The third-order valence-electron chi connectivity index (χ3n) is 2.57. The Morgan fingerprint density at radius 1 is 1.25 bits per heavy atom. The van der Waals surface area contributed by atoms with Gasteiger partial charge in [0.25, 0.3) is 0 Å². The molecular formula is C12H17FO3. The standard InChI is InChI=1S/C12H17FO3/c1-12(2,7-14)9-5-8(13)6-10(15-3)11(9)16-4/h5-6,14H,7H2,1-4H3. The summed E-state index contributed by atoms with van der Waals surface area (Å²) >= 11 is 0. The van der Waals surface area contributed by atoms with Crippen LogP contribution in [0.3, 0.4) is 0 Å². The van der Waals surface area contributed by atoms with E-state index in [4.69, 9.17) is 9.47 Å². The summed E-state index contributed by atoms with van der Waals surface area (Å²) in [5.41, 5.74) is 0.00938. The molecular weight excluding hydrogens is 211 g/mol. The van der Waals surface area contributed by atoms with Gasteiger partial charge >= 0.3 is 0 Å². The van der Waals surface area contributed by atoms with Crippen molar-refractivity contribution in [1.29, 1.82) is 0 Å². The predicted octanol–water partition coefficient (Wildman–Crippen LogP) is 2.11. The van der Waals surface area contributed by atoms with Gasteiger partial charge in [-0.05, 0) is 6.07 Å². The van der Waals surface area contributed by atoms with Crippen LogP contribution in [0.5, 0.6) is 11.5 Å². The number of aliphatic hydroxyl groups is 1. The highest BCUT2D eigenvalue weighted by Crippen LogP contribution is 2.39. The molecule has 0 atom stereocenters. The molecule has 0 heterocycles. The number of methoxy groups -OCH3 is 2. The van der Waals surface area contributed by atoms with E-state index in [1.807, 2.05) is 13.8 Å². The Hall–Kier alpha value is -1.29. The van der Waals surface area contributed by atoms with Gasteiger partial charge in [-0.3, -0.25) is 0 Å². The van der Waals surface area contributed by atoms with E-state index >= 15 is 0 Å². The molecule has 0 fully saturated rings. The zero-order valence-electron chi connectivity index (χ0n) is 10.0. The van der Waals surface area contributed by atoms with Crippen LogP contribution in [-0.4, -0.2) is 25.9 Å². The molecule has 1 aromatic rings. The van der Waals surface area contributed by atoms with Gasteiger partial charge in [0, 0.05) is 17.0 Å². The maximum atomic E-state index is 13.4. The van der Waals surface area contributed by atoms with Gasteiger partial charge in [-0.2, -0.15) is 0 Å². The van der Waals surface area contributed by atoms with E-state index < -0.39 is 11.2 Å². The van der Waals surface area contributed by atoms with Gasteiger partial charge in [0.2, 0.25) is 0 Å². The van der Waals surface area contributed by atoms with E-state index in [2.05, 4.69) is 0 Å². The van der Waals surface area contributed by atoms with Gasteiger partial charge in [0.1, 0.15) is 5.82 Å². The molecule has 4 heteroatoms. The molecule has 0 unspecified atom stereocenters. The number of benzene rings is 1. The van der Waals surface area contributed by atoms with Crippen molar-refractivity contribution in [3.05, 3.63) is 23.5 Å². The summed E-state index contributed by atoms with van der Waals surface area (Å²) in [4.78, 5) is 0. The summed E-state index contributed by atoms with van der Waals surface area (Å²) in [6.45, 7) is 3.52. The van der Waals surface area contributed by atoms with E-state index in [0.717, 1.165) is 0 Å². The van der Waals surface area contributed by atoms with Gasteiger partial charge in [0.15, 0.2) is 11.5 Å². The minimum Gasteiger partial charge on any atom is -0.493 e. The topological polar surface area (TPSA) is 38.7 Å². The fourth-order valence-corrected chi connectivity index (χ4v) is 1.52. The van der Waals surface area contributed by atoms with E-state index in [9.17, 15) is 9.50 Å². The first-order valence-electron chi connectivity index (χ1n) is 4.99. The highest BCUT2D eigenvalue weighted by atomic mass is 19.1. The van der Waals surface area contributed by atoms with E-state index in [0.29, 0.717) is 17.1 Å². The molecule has 0 bridgehead atoms. The van der Waals surface area contributed by atoms with Crippen molar-refractivity contribution in [2.75, 3.05) is 20.8 Å². The number of aliphatic hydroxyl groups excluding tert-OH is 1. The molecule has 0 amide bonds. The maximum Gasteiger partial charge on any atom is 0.164 e. The van der Waals surface area contributed by atoms with Gasteiger partial charge in [-0.25, -0.2) is 4.39 Å². The van der Waals surface area contributed by atoms with Crippen molar-refractivity contribution >= 4 is 0 Å². The summed E-state index contributed by atoms with van der Waals surface area (Å²) in [5, 5.41) is 9.30. The molecule has 0 aliphatic carbocycles. The number of rotatable bonds is 4. The lowest BCUT2D eigenvalue weighted by atomic mass is 9.84. The monoisotopic (exact) mass is 228 g/mol. The highest BCUT2D eigenvalue weighted by Gasteiger charge is 2.26. The second-order valence-electron chi connectivity index (χ2n) is 4.23. The Morgan fingerprint density at radius 2 is 1.88 bits per heavy atom. The van der Waals surface area contributed by atoms with Crippen LogP contribution in [0.15, 0.2) is 12.1 Å². The number of halogens is 1. The van der Waals surface area contributed by atoms with Gasteiger partial charge in [-0.1, -0.05) is 13.8 Å². The van der Waals surface area contributed by atoms with Crippen molar-refractivity contribution < 1.29 is 19.0 Å². The van der Waals surface area contributed by atoms with E-state index in [1.165, 1.54) is 26.4 Å². The Morgan fingerprint density at radius 3 is 2.31 bits per heavy atom. The van der Waals surface area contributed by atoms with Crippen molar-refractivity contribution in [3.63, 3.8) is 0 Å². The zero-order valence-corrected chi connectivity index (χ0v) is 10.0. The number of ether oxygens (including phenoxy) is 2. The van der Waals surface area contributed by atoms with Crippen LogP contribution in [0.4, 0.5) is 4.39 Å². The molecule has 1 rings (SSSR count). The molecule has 16 heavy (non-hydrogen) atoms. The maximum absolute atomic E-state index is 13.4. The van der Waals surface area contributed by atoms with E-state index in [-0.39, 0.29) is 6.61 Å². The molecule has 0 saturated carbocycles. The first-order chi connectivity index (χ1) is 7.46. The molecule has 1 aromatic carbocycles. The first-order valence-corrected chi connectivity index (χ1v) is 4.99. The number of hydrogen-bond acceptors (Lipinski definition) is 3. The summed E-state index contributed by atoms with van der Waals surface area (Å²) < 4.78 is 23.6. The second-order valence-corrected chi connectivity index (χ2v) is 4.23. The molecule has 0 aliphatic heterocycles. The molecule has 0 saturated heterocycles. The van der Waals surface area contributed by atoms with Crippen LogP contribution in [0.1, 0.15) is 19.4 Å².